The number of hydrazine groups is 2. The van der Waals surface area contributed by atoms with Crippen LogP contribution in [0.25, 0.3) is 0 Å². The van der Waals surface area contributed by atoms with Crippen molar-refractivity contribution in [3.8, 4) is 0 Å². The van der Waals surface area contributed by atoms with Gasteiger partial charge in [-0.05, 0) is 38.1 Å². The van der Waals surface area contributed by atoms with Crippen LogP contribution in [0, 0.1) is 13.8 Å². The second-order valence-corrected chi connectivity index (χ2v) is 6.01. The Labute approximate surface area is 169 Å². The molecule has 0 unspecified atom stereocenters. The zero-order valence-electron chi connectivity index (χ0n) is 15.9. The van der Waals surface area contributed by atoms with E-state index in [4.69, 9.17) is 8.83 Å². The van der Waals surface area contributed by atoms with E-state index >= 15 is 0 Å². The molecule has 11 heteroatoms. The zero-order chi connectivity index (χ0) is 21.7. The van der Waals surface area contributed by atoms with E-state index in [9.17, 15) is 19.2 Å². The molecule has 0 atom stereocenters. The molecule has 11 nitrogen and oxygen atoms in total. The van der Waals surface area contributed by atoms with Gasteiger partial charge in [-0.1, -0.05) is 6.07 Å². The molecule has 30 heavy (non-hydrogen) atoms. The molecule has 0 aliphatic rings. The van der Waals surface area contributed by atoms with Crippen molar-refractivity contribution in [1.29, 1.82) is 0 Å². The number of furan rings is 2. The quantitative estimate of drug-likeness (QED) is 0.467. The number of aryl methyl sites for hydroxylation is 2. The Bertz CT molecular complexity index is 1030. The number of nitrogens with zero attached hydrogens (tertiary/aromatic N) is 1. The average molecular weight is 411 g/mol. The lowest BCUT2D eigenvalue weighted by Gasteiger charge is -2.09. The van der Waals surface area contributed by atoms with E-state index in [1.165, 1.54) is 42.9 Å². The fourth-order valence-corrected chi connectivity index (χ4v) is 2.42. The van der Waals surface area contributed by atoms with Crippen LogP contribution in [0.15, 0.2) is 51.7 Å². The standard InChI is InChI=1S/C19H17N5O6/c1-10-12(6-8-29-10)16(25)21-23-18(27)14-4-3-5-15(20-14)19(28)24-22-17(26)13-7-9-30-11(13)2/h3-9H,1-2H3,(H,21,25)(H,22,26)(H,23,27)(H,24,28). The molecule has 0 aliphatic heterocycles. The highest BCUT2D eigenvalue weighted by atomic mass is 16.3. The molecule has 0 aliphatic carbocycles. The normalized spacial score (nSPS) is 10.2. The van der Waals surface area contributed by atoms with E-state index in [2.05, 4.69) is 26.7 Å². The first-order chi connectivity index (χ1) is 14.4. The zero-order valence-corrected chi connectivity index (χ0v) is 15.9. The summed E-state index contributed by atoms with van der Waals surface area (Å²) in [5.41, 5.74) is 9.14. The van der Waals surface area contributed by atoms with Crippen LogP contribution < -0.4 is 21.7 Å². The molecule has 0 radical (unpaired) electrons. The highest BCUT2D eigenvalue weighted by Crippen LogP contribution is 2.08. The molecule has 0 aromatic carbocycles. The Kier molecular flexibility index (Phi) is 5.92. The molecule has 3 aromatic heterocycles. The minimum atomic E-state index is -0.739. The topological polar surface area (TPSA) is 156 Å². The highest BCUT2D eigenvalue weighted by molar-refractivity contribution is 6.01. The predicted molar refractivity (Wildman–Crippen MR) is 101 cm³/mol. The first-order valence-electron chi connectivity index (χ1n) is 8.63. The van der Waals surface area contributed by atoms with E-state index in [0.29, 0.717) is 11.5 Å². The smallest absolute Gasteiger partial charge is 0.288 e. The van der Waals surface area contributed by atoms with Crippen LogP contribution in [0.2, 0.25) is 0 Å². The Morgan fingerprint density at radius 3 is 1.43 bits per heavy atom. The molecule has 3 rings (SSSR count). The number of hydrogen-bond donors (Lipinski definition) is 4. The van der Waals surface area contributed by atoms with Crippen LogP contribution in [0.4, 0.5) is 0 Å². The lowest BCUT2D eigenvalue weighted by atomic mass is 10.2. The van der Waals surface area contributed by atoms with Crippen molar-refractivity contribution in [1.82, 2.24) is 26.7 Å². The Balaban J connectivity index is 1.58. The van der Waals surface area contributed by atoms with Gasteiger partial charge in [-0.25, -0.2) is 4.98 Å². The van der Waals surface area contributed by atoms with Gasteiger partial charge in [0.15, 0.2) is 0 Å². The second kappa shape index (κ2) is 8.73. The van der Waals surface area contributed by atoms with Gasteiger partial charge in [0, 0.05) is 0 Å². The van der Waals surface area contributed by atoms with E-state index in [0.717, 1.165) is 0 Å². The van der Waals surface area contributed by atoms with Crippen molar-refractivity contribution in [2.75, 3.05) is 0 Å². The summed E-state index contributed by atoms with van der Waals surface area (Å²) in [5, 5.41) is 0. The number of carbonyl (C=O) groups excluding carboxylic acids is 4. The molecular formula is C19H17N5O6. The van der Waals surface area contributed by atoms with Crippen LogP contribution >= 0.6 is 0 Å². The molecule has 3 heterocycles. The Morgan fingerprint density at radius 1 is 0.667 bits per heavy atom. The Hall–Kier alpha value is -4.41. The number of carbonyl (C=O) groups is 4. The van der Waals surface area contributed by atoms with Crippen LogP contribution in [0.1, 0.15) is 53.2 Å². The van der Waals surface area contributed by atoms with Crippen molar-refractivity contribution in [2.45, 2.75) is 13.8 Å². The second-order valence-electron chi connectivity index (χ2n) is 6.01. The molecule has 0 saturated heterocycles. The van der Waals surface area contributed by atoms with Gasteiger partial charge in [-0.3, -0.25) is 40.9 Å². The van der Waals surface area contributed by atoms with Crippen molar-refractivity contribution < 1.29 is 28.0 Å². The summed E-state index contributed by atoms with van der Waals surface area (Å²) in [6.45, 7) is 3.21. The highest BCUT2D eigenvalue weighted by Gasteiger charge is 2.17. The molecule has 0 bridgehead atoms. The summed E-state index contributed by atoms with van der Waals surface area (Å²) in [5.74, 6) is -1.83. The van der Waals surface area contributed by atoms with Crippen molar-refractivity contribution >= 4 is 23.6 Å². The van der Waals surface area contributed by atoms with Gasteiger partial charge in [0.1, 0.15) is 22.9 Å². The summed E-state index contributed by atoms with van der Waals surface area (Å²) < 4.78 is 10.0. The number of nitrogens with one attached hydrogen (secondary N) is 4. The first kappa shape index (κ1) is 20.3. The minimum absolute atomic E-state index is 0.121. The maximum atomic E-state index is 12.2. The van der Waals surface area contributed by atoms with Crippen LogP contribution in [0.3, 0.4) is 0 Å². The molecule has 3 aromatic rings. The summed E-state index contributed by atoms with van der Waals surface area (Å²) in [7, 11) is 0. The minimum Gasteiger partial charge on any atom is -0.469 e. The van der Waals surface area contributed by atoms with Crippen molar-refractivity contribution in [3.63, 3.8) is 0 Å². The monoisotopic (exact) mass is 411 g/mol. The van der Waals surface area contributed by atoms with Gasteiger partial charge in [-0.15, -0.1) is 0 Å². The molecule has 4 N–H and O–H groups in total. The number of rotatable bonds is 4. The number of amides is 4. The molecule has 0 fully saturated rings. The number of pyridine rings is 1. The van der Waals surface area contributed by atoms with Gasteiger partial charge in [0.2, 0.25) is 0 Å². The maximum Gasteiger partial charge on any atom is 0.288 e. The summed E-state index contributed by atoms with van der Waals surface area (Å²) in [6, 6.07) is 7.06. The third kappa shape index (κ3) is 4.52. The first-order valence-corrected chi connectivity index (χ1v) is 8.63. The molecule has 4 amide bonds. The molecule has 0 saturated carbocycles. The third-order valence-electron chi connectivity index (χ3n) is 4.00. The maximum absolute atomic E-state index is 12.2. The number of hydrogen-bond acceptors (Lipinski definition) is 7. The van der Waals surface area contributed by atoms with Crippen LogP contribution in [0.5, 0.6) is 0 Å². The van der Waals surface area contributed by atoms with Crippen molar-refractivity contribution in [2.24, 2.45) is 0 Å². The molecular weight excluding hydrogens is 394 g/mol. The van der Waals surface area contributed by atoms with Gasteiger partial charge in [0.25, 0.3) is 23.6 Å². The van der Waals surface area contributed by atoms with Crippen LogP contribution in [-0.4, -0.2) is 28.6 Å². The lowest BCUT2D eigenvalue weighted by Crippen LogP contribution is -2.43. The molecule has 154 valence electrons. The fourth-order valence-electron chi connectivity index (χ4n) is 2.42. The average Bonchev–Trinajstić information content (AvgIpc) is 3.37. The van der Waals surface area contributed by atoms with Crippen molar-refractivity contribution in [3.05, 3.63) is 76.9 Å². The third-order valence-corrected chi connectivity index (χ3v) is 4.00. The van der Waals surface area contributed by atoms with Gasteiger partial charge < -0.3 is 8.83 Å². The van der Waals surface area contributed by atoms with Gasteiger partial charge in [0.05, 0.1) is 23.7 Å². The van der Waals surface area contributed by atoms with E-state index in [-0.39, 0.29) is 22.5 Å². The SMILES string of the molecule is Cc1occc1C(=O)NNC(=O)c1cccc(C(=O)NNC(=O)c2ccoc2C)n1. The molecule has 0 spiro atoms. The number of aromatic nitrogens is 1. The van der Waals surface area contributed by atoms with E-state index in [1.54, 1.807) is 13.8 Å². The largest absolute Gasteiger partial charge is 0.469 e. The summed E-state index contributed by atoms with van der Waals surface area (Å²) in [4.78, 5) is 52.3. The van der Waals surface area contributed by atoms with E-state index < -0.39 is 23.6 Å². The predicted octanol–water partition coefficient (Wildman–Crippen LogP) is 1.03. The fraction of sp³-hybridized carbons (Fsp3) is 0.105. The lowest BCUT2D eigenvalue weighted by molar-refractivity contribution is 0.0836. The Morgan fingerprint density at radius 2 is 1.07 bits per heavy atom. The van der Waals surface area contributed by atoms with Gasteiger partial charge >= 0.3 is 0 Å². The van der Waals surface area contributed by atoms with Crippen LogP contribution in [-0.2, 0) is 0 Å². The van der Waals surface area contributed by atoms with E-state index in [1.807, 2.05) is 0 Å². The summed E-state index contributed by atoms with van der Waals surface area (Å²) in [6.07, 6.45) is 2.70. The summed E-state index contributed by atoms with van der Waals surface area (Å²) >= 11 is 0. The van der Waals surface area contributed by atoms with Gasteiger partial charge in [-0.2, -0.15) is 0 Å².